The molecule has 0 saturated heterocycles. The van der Waals surface area contributed by atoms with Gasteiger partial charge in [-0.25, -0.2) is 9.31 Å². The van der Waals surface area contributed by atoms with Gasteiger partial charge in [0.15, 0.2) is 0 Å². The highest BCUT2D eigenvalue weighted by molar-refractivity contribution is 5.96. The summed E-state index contributed by atoms with van der Waals surface area (Å²) in [5.41, 5.74) is 1.10. The molecule has 0 radical (unpaired) electrons. The second-order valence-corrected chi connectivity index (χ2v) is 2.92. The minimum atomic E-state index is -0.404. The Balaban J connectivity index is 2.66. The van der Waals surface area contributed by atoms with Gasteiger partial charge in [0.25, 0.3) is 0 Å². The summed E-state index contributed by atoms with van der Waals surface area (Å²) in [6.45, 7) is 0. The number of nitrogens with zero attached hydrogens (tertiary/aromatic N) is 2. The maximum atomic E-state index is 11.4. The van der Waals surface area contributed by atoms with Crippen LogP contribution in [0.2, 0.25) is 0 Å². The molecule has 2 heterocycles. The number of esters is 1. The van der Waals surface area contributed by atoms with E-state index in [1.165, 1.54) is 13.3 Å². The van der Waals surface area contributed by atoms with Gasteiger partial charge in [0.2, 0.25) is 5.88 Å². The number of hydrogen-bond donors (Lipinski definition) is 0. The van der Waals surface area contributed by atoms with Crippen LogP contribution in [0, 0.1) is 0 Å². The fourth-order valence-corrected chi connectivity index (χ4v) is 1.41. The van der Waals surface area contributed by atoms with Gasteiger partial charge < -0.3 is 9.47 Å². The van der Waals surface area contributed by atoms with E-state index in [1.807, 2.05) is 0 Å². The number of carbonyl (C=O) groups excluding carboxylic acids is 1. The minimum absolute atomic E-state index is 0.404. The van der Waals surface area contributed by atoms with E-state index in [0.717, 1.165) is 0 Å². The van der Waals surface area contributed by atoms with E-state index in [9.17, 15) is 4.79 Å². The van der Waals surface area contributed by atoms with Crippen LogP contribution in [0.25, 0.3) is 5.52 Å². The average Bonchev–Trinajstić information content (AvgIpc) is 2.71. The van der Waals surface area contributed by atoms with Crippen molar-refractivity contribution in [2.45, 2.75) is 0 Å². The number of rotatable bonds is 2. The maximum Gasteiger partial charge on any atom is 0.341 e. The average molecular weight is 206 g/mol. The van der Waals surface area contributed by atoms with Crippen molar-refractivity contribution < 1.29 is 14.3 Å². The molecule has 0 unspecified atom stereocenters. The number of pyridine rings is 1. The lowest BCUT2D eigenvalue weighted by Gasteiger charge is -2.02. The van der Waals surface area contributed by atoms with Crippen LogP contribution < -0.4 is 4.74 Å². The molecule has 0 fully saturated rings. The second kappa shape index (κ2) is 3.61. The molecule has 0 aliphatic carbocycles. The molecule has 2 aromatic rings. The molecule has 0 bridgehead atoms. The lowest BCUT2D eigenvalue weighted by Crippen LogP contribution is -2.01. The number of aromatic nitrogens is 2. The summed E-state index contributed by atoms with van der Waals surface area (Å²) in [6.07, 6.45) is 1.46. The quantitative estimate of drug-likeness (QED) is 0.691. The lowest BCUT2D eigenvalue weighted by molar-refractivity contribution is 0.0603. The first-order valence-corrected chi connectivity index (χ1v) is 4.37. The summed E-state index contributed by atoms with van der Waals surface area (Å²) >= 11 is 0. The highest BCUT2D eigenvalue weighted by atomic mass is 16.5. The van der Waals surface area contributed by atoms with Crippen LogP contribution in [-0.4, -0.2) is 29.8 Å². The van der Waals surface area contributed by atoms with Gasteiger partial charge in [-0.15, -0.1) is 0 Å². The summed E-state index contributed by atoms with van der Waals surface area (Å²) in [5, 5.41) is 4.05. The number of fused-ring (bicyclic) bond motifs is 1. The van der Waals surface area contributed by atoms with Crippen LogP contribution in [0.5, 0.6) is 5.88 Å². The monoisotopic (exact) mass is 206 g/mol. The van der Waals surface area contributed by atoms with E-state index < -0.39 is 5.97 Å². The molecule has 0 saturated carbocycles. The highest BCUT2D eigenvalue weighted by Crippen LogP contribution is 2.17. The second-order valence-electron chi connectivity index (χ2n) is 2.92. The van der Waals surface area contributed by atoms with Gasteiger partial charge >= 0.3 is 5.97 Å². The van der Waals surface area contributed by atoms with Crippen molar-refractivity contribution in [3.8, 4) is 5.88 Å². The van der Waals surface area contributed by atoms with Crippen molar-refractivity contribution in [2.24, 2.45) is 0 Å². The summed E-state index contributed by atoms with van der Waals surface area (Å²) in [6, 6.07) is 5.34. The van der Waals surface area contributed by atoms with Gasteiger partial charge in [0, 0.05) is 6.07 Å². The Bertz CT molecular complexity index is 504. The largest absolute Gasteiger partial charge is 0.481 e. The maximum absolute atomic E-state index is 11.4. The van der Waals surface area contributed by atoms with Crippen LogP contribution in [0.3, 0.4) is 0 Å². The Morgan fingerprint density at radius 3 is 2.87 bits per heavy atom. The lowest BCUT2D eigenvalue weighted by atomic mass is 10.2. The summed E-state index contributed by atoms with van der Waals surface area (Å²) < 4.78 is 11.3. The standard InChI is InChI=1S/C10H10N2O3/c1-14-9-5-3-4-8-7(10(13)15-2)6-11-12(8)9/h3-6H,1-2H3. The molecule has 5 nitrogen and oxygen atoms in total. The Morgan fingerprint density at radius 2 is 2.20 bits per heavy atom. The molecule has 0 amide bonds. The molecule has 15 heavy (non-hydrogen) atoms. The van der Waals surface area contributed by atoms with Crippen molar-refractivity contribution in [1.82, 2.24) is 9.61 Å². The van der Waals surface area contributed by atoms with E-state index >= 15 is 0 Å². The Morgan fingerprint density at radius 1 is 1.40 bits per heavy atom. The van der Waals surface area contributed by atoms with Crippen molar-refractivity contribution in [1.29, 1.82) is 0 Å². The van der Waals surface area contributed by atoms with Crippen LogP contribution in [0.1, 0.15) is 10.4 Å². The van der Waals surface area contributed by atoms with Crippen LogP contribution in [0.4, 0.5) is 0 Å². The molecule has 2 aromatic heterocycles. The fourth-order valence-electron chi connectivity index (χ4n) is 1.41. The molecular weight excluding hydrogens is 196 g/mol. The topological polar surface area (TPSA) is 52.8 Å². The molecule has 0 spiro atoms. The summed E-state index contributed by atoms with van der Waals surface area (Å²) in [5.74, 6) is 0.168. The van der Waals surface area contributed by atoms with Crippen molar-refractivity contribution >= 4 is 11.5 Å². The predicted octanol–water partition coefficient (Wildman–Crippen LogP) is 1.13. The van der Waals surface area contributed by atoms with Crippen LogP contribution in [-0.2, 0) is 4.74 Å². The Labute approximate surface area is 86.2 Å². The summed E-state index contributed by atoms with van der Waals surface area (Å²) in [7, 11) is 2.89. The van der Waals surface area contributed by atoms with Crippen molar-refractivity contribution in [3.05, 3.63) is 30.0 Å². The molecule has 78 valence electrons. The summed E-state index contributed by atoms with van der Waals surface area (Å²) in [4.78, 5) is 11.4. The van der Waals surface area contributed by atoms with Gasteiger partial charge in [0.05, 0.1) is 25.9 Å². The minimum Gasteiger partial charge on any atom is -0.481 e. The first-order valence-electron chi connectivity index (χ1n) is 4.37. The smallest absolute Gasteiger partial charge is 0.341 e. The predicted molar refractivity (Wildman–Crippen MR) is 53.1 cm³/mol. The molecule has 5 heteroatoms. The third kappa shape index (κ3) is 1.41. The molecule has 0 N–H and O–H groups in total. The zero-order valence-electron chi connectivity index (χ0n) is 8.43. The van der Waals surface area contributed by atoms with Crippen molar-refractivity contribution in [2.75, 3.05) is 14.2 Å². The molecule has 0 atom stereocenters. The SMILES string of the molecule is COC(=O)c1cnn2c(OC)cccc12. The van der Waals surface area contributed by atoms with Gasteiger partial charge in [0.1, 0.15) is 5.56 Å². The molecule has 0 aliphatic rings. The van der Waals surface area contributed by atoms with Gasteiger partial charge in [-0.05, 0) is 6.07 Å². The van der Waals surface area contributed by atoms with E-state index in [4.69, 9.17) is 4.74 Å². The third-order valence-corrected chi connectivity index (χ3v) is 2.12. The number of ether oxygens (including phenoxy) is 2. The number of carbonyl (C=O) groups is 1. The van der Waals surface area contributed by atoms with E-state index in [1.54, 1.807) is 29.8 Å². The molecule has 0 aliphatic heterocycles. The fraction of sp³-hybridized carbons (Fsp3) is 0.200. The molecular formula is C10H10N2O3. The van der Waals surface area contributed by atoms with E-state index in [-0.39, 0.29) is 0 Å². The van der Waals surface area contributed by atoms with Gasteiger partial charge in [-0.3, -0.25) is 0 Å². The van der Waals surface area contributed by atoms with Gasteiger partial charge in [-0.1, -0.05) is 6.07 Å². The first kappa shape index (κ1) is 9.51. The third-order valence-electron chi connectivity index (χ3n) is 2.12. The van der Waals surface area contributed by atoms with Gasteiger partial charge in [-0.2, -0.15) is 5.10 Å². The number of methoxy groups -OCH3 is 2. The number of hydrogen-bond acceptors (Lipinski definition) is 4. The van der Waals surface area contributed by atoms with E-state index in [2.05, 4.69) is 9.84 Å². The highest BCUT2D eigenvalue weighted by Gasteiger charge is 2.14. The zero-order chi connectivity index (χ0) is 10.8. The molecule has 2 rings (SSSR count). The van der Waals surface area contributed by atoms with Crippen LogP contribution in [0.15, 0.2) is 24.4 Å². The van der Waals surface area contributed by atoms with Crippen molar-refractivity contribution in [3.63, 3.8) is 0 Å². The first-order chi connectivity index (χ1) is 7.27. The Hall–Kier alpha value is -2.04. The zero-order valence-corrected chi connectivity index (χ0v) is 8.43. The van der Waals surface area contributed by atoms with Crippen LogP contribution >= 0.6 is 0 Å². The van der Waals surface area contributed by atoms with E-state index in [0.29, 0.717) is 17.0 Å². The Kier molecular flexibility index (Phi) is 2.29. The normalized spacial score (nSPS) is 10.3. The molecule has 0 aromatic carbocycles.